The van der Waals surface area contributed by atoms with Gasteiger partial charge in [0.1, 0.15) is 5.75 Å². The predicted octanol–water partition coefficient (Wildman–Crippen LogP) is 7.09. The number of rotatable bonds is 4. The van der Waals surface area contributed by atoms with Gasteiger partial charge in [-0.2, -0.15) is 0 Å². The molecule has 0 bridgehead atoms. The van der Waals surface area contributed by atoms with Crippen molar-refractivity contribution in [2.75, 3.05) is 6.61 Å². The van der Waals surface area contributed by atoms with Crippen LogP contribution in [-0.2, 0) is 15.4 Å². The van der Waals surface area contributed by atoms with E-state index in [2.05, 4.69) is 84.9 Å². The Morgan fingerprint density at radius 2 is 1.63 bits per heavy atom. The first kappa shape index (κ1) is 20.4. The summed E-state index contributed by atoms with van der Waals surface area (Å²) in [4.78, 5) is 0. The average molecular weight is 385 g/mol. The first-order valence-electron chi connectivity index (χ1n) is 10.0. The summed E-state index contributed by atoms with van der Waals surface area (Å²) >= 11 is 0. The molecule has 0 saturated carbocycles. The minimum atomic E-state index is -1.09. The molecule has 1 aliphatic rings. The van der Waals surface area contributed by atoms with Crippen LogP contribution in [0.2, 0.25) is 0 Å². The molecule has 0 fully saturated rings. The van der Waals surface area contributed by atoms with Crippen molar-refractivity contribution in [2.45, 2.75) is 72.1 Å². The van der Waals surface area contributed by atoms with Crippen molar-refractivity contribution >= 4 is 13.7 Å². The van der Waals surface area contributed by atoms with Crippen LogP contribution in [0, 0.1) is 0 Å². The van der Waals surface area contributed by atoms with Crippen LogP contribution in [0.5, 0.6) is 5.75 Å². The molecule has 3 heteroatoms. The topological polar surface area (TPSA) is 18.5 Å². The maximum absolute atomic E-state index is 6.57. The summed E-state index contributed by atoms with van der Waals surface area (Å²) < 4.78 is 12.8. The number of hydrogen-bond acceptors (Lipinski definition) is 2. The van der Waals surface area contributed by atoms with Gasteiger partial charge in [0.05, 0.1) is 11.9 Å². The molecule has 0 radical (unpaired) electrons. The van der Waals surface area contributed by atoms with Crippen LogP contribution in [-0.4, -0.2) is 6.61 Å². The zero-order valence-corrected chi connectivity index (χ0v) is 18.7. The van der Waals surface area contributed by atoms with E-state index in [9.17, 15) is 0 Å². The fraction of sp³-hybridized carbons (Fsp3) is 0.500. The van der Waals surface area contributed by atoms with Crippen molar-refractivity contribution in [1.82, 2.24) is 0 Å². The molecular formula is C24H33O2P. The zero-order valence-electron chi connectivity index (χ0n) is 17.8. The van der Waals surface area contributed by atoms with Crippen LogP contribution in [0.1, 0.15) is 72.4 Å². The molecular weight excluding hydrogens is 351 g/mol. The molecule has 0 aliphatic carbocycles. The lowest BCUT2D eigenvalue weighted by Crippen LogP contribution is -2.22. The van der Waals surface area contributed by atoms with Gasteiger partial charge in [-0.05, 0) is 40.5 Å². The normalized spacial score (nSPS) is 16.5. The molecule has 146 valence electrons. The Hall–Kier alpha value is -1.37. The lowest BCUT2D eigenvalue weighted by molar-refractivity contribution is 0.311. The van der Waals surface area contributed by atoms with E-state index >= 15 is 0 Å². The lowest BCUT2D eigenvalue weighted by Gasteiger charge is -2.34. The van der Waals surface area contributed by atoms with E-state index in [1.54, 1.807) is 0 Å². The predicted molar refractivity (Wildman–Crippen MR) is 117 cm³/mol. The maximum atomic E-state index is 6.57. The molecule has 2 aromatic rings. The van der Waals surface area contributed by atoms with Crippen LogP contribution >= 0.6 is 8.38 Å². The smallest absolute Gasteiger partial charge is 0.265 e. The molecule has 0 aromatic heterocycles. The fourth-order valence-corrected chi connectivity index (χ4v) is 4.84. The highest BCUT2D eigenvalue weighted by Gasteiger charge is 2.34. The Bertz CT molecular complexity index is 812. The molecule has 3 rings (SSSR count). The second-order valence-corrected chi connectivity index (χ2v) is 10.9. The summed E-state index contributed by atoms with van der Waals surface area (Å²) in [6.07, 6.45) is 2.19. The highest BCUT2D eigenvalue weighted by molar-refractivity contribution is 7.56. The summed E-state index contributed by atoms with van der Waals surface area (Å²) in [7, 11) is -1.09. The quantitative estimate of drug-likeness (QED) is 0.414. The third-order valence-electron chi connectivity index (χ3n) is 5.03. The molecule has 27 heavy (non-hydrogen) atoms. The minimum Gasteiger partial charge on any atom is -0.443 e. The Labute approximate surface area is 166 Å². The van der Waals surface area contributed by atoms with Crippen LogP contribution < -0.4 is 9.83 Å². The molecule has 2 aromatic carbocycles. The van der Waals surface area contributed by atoms with Crippen molar-refractivity contribution in [3.05, 3.63) is 47.5 Å². The van der Waals surface area contributed by atoms with Crippen molar-refractivity contribution in [3.8, 4) is 16.9 Å². The third-order valence-corrected chi connectivity index (χ3v) is 6.58. The summed E-state index contributed by atoms with van der Waals surface area (Å²) in [5.41, 5.74) is 5.18. The summed E-state index contributed by atoms with van der Waals surface area (Å²) in [5, 5.41) is 1.20. The van der Waals surface area contributed by atoms with E-state index in [4.69, 9.17) is 9.05 Å². The van der Waals surface area contributed by atoms with Crippen LogP contribution in [0.15, 0.2) is 36.4 Å². The molecule has 0 N–H and O–H groups in total. The largest absolute Gasteiger partial charge is 0.443 e. The molecule has 0 amide bonds. The first-order valence-corrected chi connectivity index (χ1v) is 11.2. The monoisotopic (exact) mass is 384 g/mol. The van der Waals surface area contributed by atoms with E-state index in [1.165, 1.54) is 27.6 Å². The van der Waals surface area contributed by atoms with E-state index in [-0.39, 0.29) is 10.8 Å². The number of fused-ring (bicyclic) bond motifs is 3. The molecule has 0 spiro atoms. The van der Waals surface area contributed by atoms with E-state index in [0.717, 1.165) is 25.2 Å². The maximum Gasteiger partial charge on any atom is 0.265 e. The highest BCUT2D eigenvalue weighted by Crippen LogP contribution is 2.53. The van der Waals surface area contributed by atoms with E-state index in [0.29, 0.717) is 0 Å². The van der Waals surface area contributed by atoms with Crippen molar-refractivity contribution in [3.63, 3.8) is 0 Å². The Morgan fingerprint density at radius 3 is 2.26 bits per heavy atom. The van der Waals surface area contributed by atoms with Gasteiger partial charge in [-0.3, -0.25) is 0 Å². The van der Waals surface area contributed by atoms with Crippen LogP contribution in [0.25, 0.3) is 11.1 Å². The van der Waals surface area contributed by atoms with Gasteiger partial charge >= 0.3 is 0 Å². The Kier molecular flexibility index (Phi) is 5.71. The summed E-state index contributed by atoms with van der Waals surface area (Å²) in [6.45, 7) is 16.5. The van der Waals surface area contributed by atoms with Gasteiger partial charge in [-0.15, -0.1) is 0 Å². The molecule has 1 unspecified atom stereocenters. The van der Waals surface area contributed by atoms with Gasteiger partial charge in [0.25, 0.3) is 8.38 Å². The molecule has 1 atom stereocenters. The number of benzene rings is 2. The van der Waals surface area contributed by atoms with Gasteiger partial charge in [0.15, 0.2) is 0 Å². The SMILES string of the molecule is CCCCOP1Oc2c(cc(C(C)(C)C)cc2C(C)(C)C)-c2ccccc21. The molecule has 1 heterocycles. The molecule has 1 aliphatic heterocycles. The van der Waals surface area contributed by atoms with Gasteiger partial charge in [-0.25, -0.2) is 0 Å². The van der Waals surface area contributed by atoms with Gasteiger partial charge < -0.3 is 9.05 Å². The minimum absolute atomic E-state index is 0.00203. The Balaban J connectivity index is 2.19. The molecule has 2 nitrogen and oxygen atoms in total. The van der Waals surface area contributed by atoms with Crippen LogP contribution in [0.3, 0.4) is 0 Å². The van der Waals surface area contributed by atoms with Gasteiger partial charge in [-0.1, -0.05) is 79.2 Å². The Morgan fingerprint density at radius 1 is 0.926 bits per heavy atom. The number of hydrogen-bond donors (Lipinski definition) is 0. The van der Waals surface area contributed by atoms with E-state index in [1.807, 2.05) is 0 Å². The van der Waals surface area contributed by atoms with Crippen molar-refractivity contribution in [1.29, 1.82) is 0 Å². The van der Waals surface area contributed by atoms with Gasteiger partial charge in [0.2, 0.25) is 0 Å². The standard InChI is InChI=1S/C24H33O2P/c1-8-9-14-25-27-21-13-11-10-12-18(21)19-15-17(23(2,3)4)16-20(22(19)26-27)24(5,6)7/h10-13,15-16H,8-9,14H2,1-7H3. The second kappa shape index (κ2) is 7.57. The van der Waals surface area contributed by atoms with Crippen molar-refractivity contribution < 1.29 is 9.05 Å². The first-order chi connectivity index (χ1) is 12.6. The zero-order chi connectivity index (χ0) is 19.8. The second-order valence-electron chi connectivity index (χ2n) is 9.45. The van der Waals surface area contributed by atoms with Gasteiger partial charge in [0, 0.05) is 11.1 Å². The van der Waals surface area contributed by atoms with Crippen molar-refractivity contribution in [2.24, 2.45) is 0 Å². The molecule has 0 saturated heterocycles. The lowest BCUT2D eigenvalue weighted by atomic mass is 9.78. The summed E-state index contributed by atoms with van der Waals surface area (Å²) in [6, 6.07) is 13.2. The van der Waals surface area contributed by atoms with Crippen LogP contribution in [0.4, 0.5) is 0 Å². The third kappa shape index (κ3) is 4.23. The average Bonchev–Trinajstić information content (AvgIpc) is 2.59. The van der Waals surface area contributed by atoms with E-state index < -0.39 is 8.38 Å². The highest BCUT2D eigenvalue weighted by atomic mass is 31.2. The fourth-order valence-electron chi connectivity index (χ4n) is 3.30. The summed E-state index contributed by atoms with van der Waals surface area (Å²) in [5.74, 6) is 1.01. The number of unbranched alkanes of at least 4 members (excludes halogenated alkanes) is 1.